The lowest BCUT2D eigenvalue weighted by Gasteiger charge is -2.17. The van der Waals surface area contributed by atoms with E-state index in [4.69, 9.17) is 39.5 Å². The van der Waals surface area contributed by atoms with Crippen LogP contribution in [0.4, 0.5) is 5.82 Å². The molecule has 1 N–H and O–H groups in total. The second-order valence-corrected chi connectivity index (χ2v) is 5.86. The molecular formula is C14H15Cl3N4O. The summed E-state index contributed by atoms with van der Waals surface area (Å²) in [5, 5.41) is 4.54. The number of nitrogens with one attached hydrogen (secondary N) is 1. The molecule has 2 aromatic heterocycles. The van der Waals surface area contributed by atoms with E-state index in [1.54, 1.807) is 6.07 Å². The first-order chi connectivity index (χ1) is 10.5. The number of rotatable bonds is 6. The number of anilines is 1. The number of pyridine rings is 1. The number of hydrogen-bond donors (Lipinski definition) is 1. The molecule has 0 fully saturated rings. The van der Waals surface area contributed by atoms with Gasteiger partial charge in [-0.2, -0.15) is 0 Å². The summed E-state index contributed by atoms with van der Waals surface area (Å²) in [5.41, 5.74) is 0.801. The Hall–Kier alpha value is -1.30. The Kier molecular flexibility index (Phi) is 6.06. The van der Waals surface area contributed by atoms with Gasteiger partial charge in [0.1, 0.15) is 28.8 Å². The Balaban J connectivity index is 1.97. The second kappa shape index (κ2) is 7.81. The molecule has 5 nitrogen and oxygen atoms in total. The van der Waals surface area contributed by atoms with Crippen LogP contribution in [0.5, 0.6) is 5.88 Å². The van der Waals surface area contributed by atoms with E-state index in [0.717, 1.165) is 12.1 Å². The zero-order valence-corrected chi connectivity index (χ0v) is 14.4. The van der Waals surface area contributed by atoms with Crippen LogP contribution in [0.25, 0.3) is 0 Å². The standard InChI is InChI=1S/C14H15Cl3N4O/c1-3-11-12(17)13(20-7-19-11)21-8(2)6-22-14-10(16)4-9(15)5-18-14/h4-5,7-8H,3,6H2,1-2H3,(H,19,20,21). The minimum absolute atomic E-state index is 0.0503. The summed E-state index contributed by atoms with van der Waals surface area (Å²) in [5.74, 6) is 0.919. The number of ether oxygens (including phenoxy) is 1. The van der Waals surface area contributed by atoms with E-state index in [-0.39, 0.29) is 6.04 Å². The molecule has 0 aliphatic carbocycles. The molecule has 1 unspecified atom stereocenters. The van der Waals surface area contributed by atoms with E-state index < -0.39 is 0 Å². The number of halogens is 3. The Morgan fingerprint density at radius 1 is 1.23 bits per heavy atom. The lowest BCUT2D eigenvalue weighted by molar-refractivity contribution is 0.292. The summed E-state index contributed by atoms with van der Waals surface area (Å²) >= 11 is 18.0. The largest absolute Gasteiger partial charge is 0.474 e. The predicted octanol–water partition coefficient (Wildman–Crippen LogP) is 4.27. The smallest absolute Gasteiger partial charge is 0.232 e. The van der Waals surface area contributed by atoms with Crippen molar-refractivity contribution in [2.75, 3.05) is 11.9 Å². The van der Waals surface area contributed by atoms with Gasteiger partial charge in [0, 0.05) is 6.20 Å². The SMILES string of the molecule is CCc1ncnc(NC(C)COc2ncc(Cl)cc2Cl)c1Cl. The van der Waals surface area contributed by atoms with Crippen LogP contribution < -0.4 is 10.1 Å². The van der Waals surface area contributed by atoms with Crippen LogP contribution in [0, 0.1) is 0 Å². The van der Waals surface area contributed by atoms with E-state index in [2.05, 4.69) is 20.3 Å². The molecular weight excluding hydrogens is 347 g/mol. The van der Waals surface area contributed by atoms with Gasteiger partial charge in [-0.05, 0) is 19.4 Å². The lowest BCUT2D eigenvalue weighted by atomic mass is 10.3. The zero-order chi connectivity index (χ0) is 16.1. The van der Waals surface area contributed by atoms with Gasteiger partial charge in [0.2, 0.25) is 5.88 Å². The van der Waals surface area contributed by atoms with E-state index in [0.29, 0.717) is 33.4 Å². The van der Waals surface area contributed by atoms with E-state index in [1.807, 2.05) is 13.8 Å². The molecule has 2 heterocycles. The summed E-state index contributed by atoms with van der Waals surface area (Å²) in [6.07, 6.45) is 3.71. The average Bonchev–Trinajstić information content (AvgIpc) is 2.48. The average molecular weight is 362 g/mol. The maximum absolute atomic E-state index is 6.24. The molecule has 8 heteroatoms. The predicted molar refractivity (Wildman–Crippen MR) is 89.3 cm³/mol. The number of hydrogen-bond acceptors (Lipinski definition) is 5. The third kappa shape index (κ3) is 4.35. The summed E-state index contributed by atoms with van der Waals surface area (Å²) in [4.78, 5) is 12.3. The van der Waals surface area contributed by atoms with Crippen molar-refractivity contribution < 1.29 is 4.74 Å². The first-order valence-electron chi connectivity index (χ1n) is 6.71. The Morgan fingerprint density at radius 2 is 2.00 bits per heavy atom. The van der Waals surface area contributed by atoms with Crippen LogP contribution in [0.15, 0.2) is 18.6 Å². The molecule has 0 spiro atoms. The number of nitrogens with zero attached hydrogens (tertiary/aromatic N) is 3. The fraction of sp³-hybridized carbons (Fsp3) is 0.357. The van der Waals surface area contributed by atoms with Gasteiger partial charge < -0.3 is 10.1 Å². The quantitative estimate of drug-likeness (QED) is 0.832. The minimum atomic E-state index is -0.0503. The van der Waals surface area contributed by atoms with Crippen molar-refractivity contribution in [3.8, 4) is 5.88 Å². The highest BCUT2D eigenvalue weighted by Gasteiger charge is 2.12. The maximum Gasteiger partial charge on any atom is 0.232 e. The summed E-state index contributed by atoms with van der Waals surface area (Å²) in [6.45, 7) is 4.27. The Bertz CT molecular complexity index is 654. The topological polar surface area (TPSA) is 59.9 Å². The van der Waals surface area contributed by atoms with Crippen LogP contribution in [-0.4, -0.2) is 27.6 Å². The normalized spacial score (nSPS) is 12.0. The van der Waals surface area contributed by atoms with E-state index in [9.17, 15) is 0 Å². The molecule has 0 aliphatic rings. The highest BCUT2D eigenvalue weighted by Crippen LogP contribution is 2.25. The van der Waals surface area contributed by atoms with Crippen LogP contribution in [-0.2, 0) is 6.42 Å². The van der Waals surface area contributed by atoms with Crippen molar-refractivity contribution in [2.45, 2.75) is 26.3 Å². The molecule has 0 aliphatic heterocycles. The Labute approximate surface area is 144 Å². The minimum Gasteiger partial charge on any atom is -0.474 e. The van der Waals surface area contributed by atoms with Gasteiger partial charge >= 0.3 is 0 Å². The monoisotopic (exact) mass is 360 g/mol. The van der Waals surface area contributed by atoms with Gasteiger partial charge in [0.25, 0.3) is 0 Å². The van der Waals surface area contributed by atoms with Crippen LogP contribution in [0.3, 0.4) is 0 Å². The zero-order valence-electron chi connectivity index (χ0n) is 12.1. The molecule has 2 rings (SSSR count). The highest BCUT2D eigenvalue weighted by molar-refractivity contribution is 6.35. The third-order valence-corrected chi connectivity index (χ3v) is 3.70. The van der Waals surface area contributed by atoms with Crippen LogP contribution in [0.1, 0.15) is 19.5 Å². The summed E-state index contributed by atoms with van der Waals surface area (Å²) in [6, 6.07) is 1.53. The molecule has 0 radical (unpaired) electrons. The van der Waals surface area contributed by atoms with Crippen molar-refractivity contribution in [2.24, 2.45) is 0 Å². The lowest BCUT2D eigenvalue weighted by Crippen LogP contribution is -2.24. The van der Waals surface area contributed by atoms with Gasteiger partial charge in [0.05, 0.1) is 16.8 Å². The molecule has 0 saturated carbocycles. The van der Waals surface area contributed by atoms with Crippen LogP contribution >= 0.6 is 34.8 Å². The molecule has 0 amide bonds. The molecule has 0 aromatic carbocycles. The van der Waals surface area contributed by atoms with Crippen molar-refractivity contribution in [1.82, 2.24) is 15.0 Å². The van der Waals surface area contributed by atoms with Crippen molar-refractivity contribution >= 4 is 40.6 Å². The van der Waals surface area contributed by atoms with Crippen molar-refractivity contribution in [1.29, 1.82) is 0 Å². The molecule has 2 aromatic rings. The van der Waals surface area contributed by atoms with Gasteiger partial charge in [-0.25, -0.2) is 15.0 Å². The van der Waals surface area contributed by atoms with E-state index in [1.165, 1.54) is 12.5 Å². The van der Waals surface area contributed by atoms with Gasteiger partial charge in [0.15, 0.2) is 0 Å². The third-order valence-electron chi connectivity index (χ3n) is 2.82. The first-order valence-corrected chi connectivity index (χ1v) is 7.84. The molecule has 118 valence electrons. The molecule has 1 atom stereocenters. The van der Waals surface area contributed by atoms with Gasteiger partial charge in [-0.1, -0.05) is 41.7 Å². The summed E-state index contributed by atoms with van der Waals surface area (Å²) < 4.78 is 5.57. The molecule has 0 bridgehead atoms. The second-order valence-electron chi connectivity index (χ2n) is 4.63. The fourth-order valence-corrected chi connectivity index (χ4v) is 2.46. The Morgan fingerprint density at radius 3 is 2.68 bits per heavy atom. The summed E-state index contributed by atoms with van der Waals surface area (Å²) in [7, 11) is 0. The van der Waals surface area contributed by atoms with Gasteiger partial charge in [-0.3, -0.25) is 0 Å². The first kappa shape index (κ1) is 17.1. The van der Waals surface area contributed by atoms with Crippen molar-refractivity contribution in [3.05, 3.63) is 39.4 Å². The number of aryl methyl sites for hydroxylation is 1. The maximum atomic E-state index is 6.24. The number of aromatic nitrogens is 3. The molecule has 0 saturated heterocycles. The fourth-order valence-electron chi connectivity index (χ4n) is 1.74. The van der Waals surface area contributed by atoms with Gasteiger partial charge in [-0.15, -0.1) is 0 Å². The molecule has 22 heavy (non-hydrogen) atoms. The van der Waals surface area contributed by atoms with Crippen LogP contribution in [0.2, 0.25) is 15.1 Å². The van der Waals surface area contributed by atoms with Crippen molar-refractivity contribution in [3.63, 3.8) is 0 Å². The van der Waals surface area contributed by atoms with E-state index >= 15 is 0 Å². The highest BCUT2D eigenvalue weighted by atomic mass is 35.5.